The van der Waals surface area contributed by atoms with Gasteiger partial charge in [-0.1, -0.05) is 18.7 Å². The maximum atomic E-state index is 13.4. The Morgan fingerprint density at radius 3 is 2.48 bits per heavy atom. The van der Waals surface area contributed by atoms with Gasteiger partial charge in [0, 0.05) is 24.5 Å². The van der Waals surface area contributed by atoms with Crippen molar-refractivity contribution in [1.29, 1.82) is 0 Å². The van der Waals surface area contributed by atoms with Gasteiger partial charge in [-0.3, -0.25) is 9.36 Å². The molecule has 1 unspecified atom stereocenters. The first-order chi connectivity index (χ1) is 15.8. The van der Waals surface area contributed by atoms with Crippen LogP contribution >= 0.6 is 11.8 Å². The number of amides is 1. The number of anilines is 1. The molecule has 1 saturated heterocycles. The number of benzene rings is 2. The Bertz CT molecular complexity index is 1240. The van der Waals surface area contributed by atoms with Gasteiger partial charge in [0.25, 0.3) is 5.91 Å². The molecule has 174 valence electrons. The molecule has 10 heteroatoms. The molecule has 0 spiro atoms. The highest BCUT2D eigenvalue weighted by atomic mass is 32.2. The zero-order valence-electron chi connectivity index (χ0n) is 18.4. The number of carbonyl (C=O) groups excluding carboxylic acids is 1. The van der Waals surface area contributed by atoms with Crippen LogP contribution < -0.4 is 5.32 Å². The number of carbonyl (C=O) groups is 1. The molecule has 2 aromatic carbocycles. The van der Waals surface area contributed by atoms with Crippen molar-refractivity contribution >= 4 is 33.4 Å². The lowest BCUT2D eigenvalue weighted by Crippen LogP contribution is -2.39. The van der Waals surface area contributed by atoms with Gasteiger partial charge in [0.05, 0.1) is 11.1 Å². The van der Waals surface area contributed by atoms with Gasteiger partial charge < -0.3 is 5.32 Å². The van der Waals surface area contributed by atoms with Crippen molar-refractivity contribution in [3.63, 3.8) is 0 Å². The van der Waals surface area contributed by atoms with Crippen LogP contribution in [-0.4, -0.2) is 47.5 Å². The average Bonchev–Trinajstić information content (AvgIpc) is 3.24. The van der Waals surface area contributed by atoms with Gasteiger partial charge in [0.2, 0.25) is 10.0 Å². The molecule has 0 radical (unpaired) electrons. The summed E-state index contributed by atoms with van der Waals surface area (Å²) in [5, 5.41) is 3.38. The van der Waals surface area contributed by atoms with Crippen LogP contribution in [-0.2, 0) is 10.0 Å². The first kappa shape index (κ1) is 23.5. The number of imidazole rings is 1. The number of sulfonamides is 1. The van der Waals surface area contributed by atoms with Gasteiger partial charge >= 0.3 is 0 Å². The van der Waals surface area contributed by atoms with Crippen LogP contribution in [0.5, 0.6) is 0 Å². The Hall–Kier alpha value is -2.69. The number of rotatable bonds is 6. The second-order valence-electron chi connectivity index (χ2n) is 8.03. The summed E-state index contributed by atoms with van der Waals surface area (Å²) < 4.78 is 42.4. The maximum Gasteiger partial charge on any atom is 0.274 e. The molecule has 0 aliphatic carbocycles. The highest BCUT2D eigenvalue weighted by Crippen LogP contribution is 2.26. The first-order valence-electron chi connectivity index (χ1n) is 10.6. The molecule has 7 nitrogen and oxygen atoms in total. The standard InChI is InChI=1S/C23H25FN4O3S2/c1-16-4-3-13-27(15-16)33(30,31)20-11-7-18(8-12-20)26-22(29)21-14-25-23(32-2)28(21)19-9-5-17(24)6-10-19/h5-12,14,16H,3-4,13,15H2,1-2H3,(H,26,29). The minimum Gasteiger partial charge on any atom is -0.321 e. The molecule has 1 N–H and O–H groups in total. The van der Waals surface area contributed by atoms with E-state index in [1.165, 1.54) is 46.5 Å². The van der Waals surface area contributed by atoms with Gasteiger partial charge in [-0.15, -0.1) is 0 Å². The molecule has 1 aliphatic rings. The third-order valence-electron chi connectivity index (χ3n) is 5.60. The highest BCUT2D eigenvalue weighted by Gasteiger charge is 2.28. The van der Waals surface area contributed by atoms with E-state index >= 15 is 0 Å². The summed E-state index contributed by atoms with van der Waals surface area (Å²) in [5.41, 5.74) is 1.36. The summed E-state index contributed by atoms with van der Waals surface area (Å²) in [5.74, 6) is -0.443. The van der Waals surface area contributed by atoms with Gasteiger partial charge in [-0.25, -0.2) is 17.8 Å². The summed E-state index contributed by atoms with van der Waals surface area (Å²) >= 11 is 1.36. The zero-order chi connectivity index (χ0) is 23.6. The van der Waals surface area contributed by atoms with Crippen LogP contribution in [0.25, 0.3) is 5.69 Å². The van der Waals surface area contributed by atoms with Crippen molar-refractivity contribution < 1.29 is 17.6 Å². The minimum absolute atomic E-state index is 0.204. The Morgan fingerprint density at radius 2 is 1.85 bits per heavy atom. The van der Waals surface area contributed by atoms with Crippen molar-refractivity contribution in [1.82, 2.24) is 13.9 Å². The molecule has 33 heavy (non-hydrogen) atoms. The lowest BCUT2D eigenvalue weighted by molar-refractivity contribution is 0.102. The number of halogens is 1. The fourth-order valence-electron chi connectivity index (χ4n) is 3.90. The largest absolute Gasteiger partial charge is 0.321 e. The minimum atomic E-state index is -3.57. The monoisotopic (exact) mass is 488 g/mol. The lowest BCUT2D eigenvalue weighted by Gasteiger charge is -2.30. The summed E-state index contributed by atoms with van der Waals surface area (Å²) in [6, 6.07) is 12.0. The molecule has 4 rings (SSSR count). The van der Waals surface area contributed by atoms with Crippen molar-refractivity contribution in [2.45, 2.75) is 29.8 Å². The van der Waals surface area contributed by atoms with Gasteiger partial charge in [0.1, 0.15) is 11.5 Å². The third kappa shape index (κ3) is 4.97. The maximum absolute atomic E-state index is 13.4. The van der Waals surface area contributed by atoms with Crippen molar-refractivity contribution in [3.05, 3.63) is 66.2 Å². The molecule has 1 amide bonds. The van der Waals surface area contributed by atoms with Crippen LogP contribution in [0.2, 0.25) is 0 Å². The predicted octanol–water partition coefficient (Wildman–Crippen LogP) is 4.41. The molecule has 1 fully saturated rings. The van der Waals surface area contributed by atoms with Crippen LogP contribution in [0.3, 0.4) is 0 Å². The molecule has 1 aromatic heterocycles. The summed E-state index contributed by atoms with van der Waals surface area (Å²) in [4.78, 5) is 17.5. The van der Waals surface area contributed by atoms with E-state index in [2.05, 4.69) is 17.2 Å². The highest BCUT2D eigenvalue weighted by molar-refractivity contribution is 7.98. The number of thioether (sulfide) groups is 1. The smallest absolute Gasteiger partial charge is 0.274 e. The van der Waals surface area contributed by atoms with Crippen LogP contribution in [0, 0.1) is 11.7 Å². The second kappa shape index (κ2) is 9.66. The van der Waals surface area contributed by atoms with Crippen LogP contribution in [0.1, 0.15) is 30.3 Å². The second-order valence-corrected chi connectivity index (χ2v) is 10.7. The van der Waals surface area contributed by atoms with E-state index < -0.39 is 15.9 Å². The van der Waals surface area contributed by atoms with E-state index in [4.69, 9.17) is 0 Å². The Labute approximate surface area is 197 Å². The number of nitrogens with zero attached hydrogens (tertiary/aromatic N) is 3. The summed E-state index contributed by atoms with van der Waals surface area (Å²) in [6.07, 6.45) is 5.19. The molecular formula is C23H25FN4O3S2. The van der Waals surface area contributed by atoms with Crippen molar-refractivity contribution in [2.75, 3.05) is 24.7 Å². The van der Waals surface area contributed by atoms with Gasteiger partial charge in [0.15, 0.2) is 5.16 Å². The zero-order valence-corrected chi connectivity index (χ0v) is 20.0. The summed E-state index contributed by atoms with van der Waals surface area (Å²) in [6.45, 7) is 3.10. The number of nitrogens with one attached hydrogen (secondary N) is 1. The third-order valence-corrected chi connectivity index (χ3v) is 8.13. The van der Waals surface area contributed by atoms with E-state index in [0.29, 0.717) is 35.5 Å². The van der Waals surface area contributed by atoms with Crippen molar-refractivity contribution in [2.24, 2.45) is 5.92 Å². The normalized spacial score (nSPS) is 17.1. The van der Waals surface area contributed by atoms with Crippen LogP contribution in [0.4, 0.5) is 10.1 Å². The van der Waals surface area contributed by atoms with Crippen molar-refractivity contribution in [3.8, 4) is 5.69 Å². The Morgan fingerprint density at radius 1 is 1.15 bits per heavy atom. The quantitative estimate of drug-likeness (QED) is 0.520. The molecule has 0 bridgehead atoms. The van der Waals surface area contributed by atoms with E-state index in [0.717, 1.165) is 12.8 Å². The number of hydrogen-bond donors (Lipinski definition) is 1. The number of piperidine rings is 1. The number of hydrogen-bond acceptors (Lipinski definition) is 5. The van der Waals surface area contributed by atoms with Gasteiger partial charge in [-0.05, 0) is 73.5 Å². The fourth-order valence-corrected chi connectivity index (χ4v) is 6.04. The molecule has 0 saturated carbocycles. The molecular weight excluding hydrogens is 463 g/mol. The van der Waals surface area contributed by atoms with E-state index in [-0.39, 0.29) is 16.4 Å². The Balaban J connectivity index is 1.54. The topological polar surface area (TPSA) is 84.3 Å². The molecule has 3 aromatic rings. The predicted molar refractivity (Wildman–Crippen MR) is 127 cm³/mol. The van der Waals surface area contributed by atoms with E-state index in [9.17, 15) is 17.6 Å². The SMILES string of the molecule is CSc1ncc(C(=O)Nc2ccc(S(=O)(=O)N3CCCC(C)C3)cc2)n1-c1ccc(F)cc1. The first-order valence-corrected chi connectivity index (χ1v) is 13.3. The lowest BCUT2D eigenvalue weighted by atomic mass is 10.0. The molecule has 1 atom stereocenters. The van der Waals surface area contributed by atoms with E-state index in [1.807, 2.05) is 6.26 Å². The van der Waals surface area contributed by atoms with E-state index in [1.54, 1.807) is 28.8 Å². The Kier molecular flexibility index (Phi) is 6.87. The number of aromatic nitrogens is 2. The summed E-state index contributed by atoms with van der Waals surface area (Å²) in [7, 11) is -3.57. The van der Waals surface area contributed by atoms with Gasteiger partial charge in [-0.2, -0.15) is 4.31 Å². The van der Waals surface area contributed by atoms with Crippen LogP contribution in [0.15, 0.2) is 64.8 Å². The fraction of sp³-hybridized carbons (Fsp3) is 0.304. The molecule has 1 aliphatic heterocycles. The average molecular weight is 489 g/mol. The molecule has 2 heterocycles.